The monoisotopic (exact) mass is 447 g/mol. The summed E-state index contributed by atoms with van der Waals surface area (Å²) in [4.78, 5) is 35.5. The minimum absolute atomic E-state index is 0.0913. The number of nitrogens with one attached hydrogen (secondary N) is 3. The summed E-state index contributed by atoms with van der Waals surface area (Å²) in [5, 5.41) is 7.92. The van der Waals surface area contributed by atoms with Crippen molar-refractivity contribution in [3.63, 3.8) is 0 Å². The molecule has 0 aliphatic heterocycles. The number of hydrogen-bond acceptors (Lipinski definition) is 4. The highest BCUT2D eigenvalue weighted by Gasteiger charge is 2.08. The number of hydrogen-bond donors (Lipinski definition) is 3. The normalized spacial score (nSPS) is 10.1. The van der Waals surface area contributed by atoms with Gasteiger partial charge in [0.2, 0.25) is 11.8 Å². The van der Waals surface area contributed by atoms with Gasteiger partial charge in [0.25, 0.3) is 5.91 Å². The molecule has 7 nitrogen and oxygen atoms in total. The standard InChI is InChI=1S/C20H22BrN3O4/c1-28-17-8-2-14(3-9-17)12-23-19(26)13-24-18(25)10-11-22-20(27)15-4-6-16(21)7-5-15/h2-9H,10-13H2,1H3,(H,22,27)(H,23,26)(H,24,25). The average molecular weight is 448 g/mol. The summed E-state index contributed by atoms with van der Waals surface area (Å²) in [5.41, 5.74) is 1.44. The van der Waals surface area contributed by atoms with E-state index in [1.54, 1.807) is 31.4 Å². The number of ether oxygens (including phenoxy) is 1. The molecule has 0 saturated carbocycles. The number of rotatable bonds is 9. The van der Waals surface area contributed by atoms with E-state index in [4.69, 9.17) is 4.74 Å². The fourth-order valence-corrected chi connectivity index (χ4v) is 2.53. The molecule has 0 aliphatic carbocycles. The van der Waals surface area contributed by atoms with Gasteiger partial charge in [-0.25, -0.2) is 0 Å². The third-order valence-electron chi connectivity index (χ3n) is 3.84. The lowest BCUT2D eigenvalue weighted by atomic mass is 10.2. The third kappa shape index (κ3) is 7.40. The van der Waals surface area contributed by atoms with Gasteiger partial charge in [-0.15, -0.1) is 0 Å². The van der Waals surface area contributed by atoms with Crippen LogP contribution in [0, 0.1) is 0 Å². The zero-order chi connectivity index (χ0) is 20.4. The Morgan fingerprint density at radius 2 is 1.57 bits per heavy atom. The summed E-state index contributed by atoms with van der Waals surface area (Å²) < 4.78 is 5.96. The number of amides is 3. The predicted molar refractivity (Wildman–Crippen MR) is 109 cm³/mol. The van der Waals surface area contributed by atoms with Crippen molar-refractivity contribution in [2.75, 3.05) is 20.2 Å². The quantitative estimate of drug-likeness (QED) is 0.547. The highest BCUT2D eigenvalue weighted by molar-refractivity contribution is 9.10. The van der Waals surface area contributed by atoms with E-state index >= 15 is 0 Å². The van der Waals surface area contributed by atoms with Crippen molar-refractivity contribution in [1.82, 2.24) is 16.0 Å². The van der Waals surface area contributed by atoms with Crippen molar-refractivity contribution in [1.29, 1.82) is 0 Å². The molecule has 0 bridgehead atoms. The second kappa shape index (κ2) is 11.1. The average Bonchev–Trinajstić information content (AvgIpc) is 2.71. The van der Waals surface area contributed by atoms with Gasteiger partial charge in [0.15, 0.2) is 0 Å². The fourth-order valence-electron chi connectivity index (χ4n) is 2.27. The summed E-state index contributed by atoms with van der Waals surface area (Å²) in [5.74, 6) is -0.106. The Balaban J connectivity index is 1.61. The number of carbonyl (C=O) groups is 3. The molecule has 148 valence electrons. The van der Waals surface area contributed by atoms with Crippen LogP contribution in [-0.4, -0.2) is 37.9 Å². The molecule has 0 unspecified atom stereocenters. The van der Waals surface area contributed by atoms with Gasteiger partial charge in [0, 0.05) is 29.5 Å². The van der Waals surface area contributed by atoms with E-state index in [9.17, 15) is 14.4 Å². The van der Waals surface area contributed by atoms with Crippen LogP contribution >= 0.6 is 15.9 Å². The first-order valence-electron chi connectivity index (χ1n) is 8.68. The molecule has 0 heterocycles. The zero-order valence-electron chi connectivity index (χ0n) is 15.5. The molecule has 8 heteroatoms. The predicted octanol–water partition coefficient (Wildman–Crippen LogP) is 2.01. The SMILES string of the molecule is COc1ccc(CNC(=O)CNC(=O)CCNC(=O)c2ccc(Br)cc2)cc1. The van der Waals surface area contributed by atoms with Crippen molar-refractivity contribution in [3.8, 4) is 5.75 Å². The fraction of sp³-hybridized carbons (Fsp3) is 0.250. The first-order valence-corrected chi connectivity index (χ1v) is 9.47. The van der Waals surface area contributed by atoms with E-state index in [1.807, 2.05) is 24.3 Å². The number of benzene rings is 2. The molecular formula is C20H22BrN3O4. The van der Waals surface area contributed by atoms with Gasteiger partial charge in [0.1, 0.15) is 5.75 Å². The second-order valence-electron chi connectivity index (χ2n) is 5.91. The second-order valence-corrected chi connectivity index (χ2v) is 6.83. The maximum atomic E-state index is 11.9. The molecule has 2 aromatic rings. The van der Waals surface area contributed by atoms with E-state index in [0.717, 1.165) is 15.8 Å². The molecule has 0 atom stereocenters. The van der Waals surface area contributed by atoms with E-state index in [1.165, 1.54) is 0 Å². The smallest absolute Gasteiger partial charge is 0.251 e. The van der Waals surface area contributed by atoms with Crippen LogP contribution in [0.1, 0.15) is 22.3 Å². The van der Waals surface area contributed by atoms with E-state index in [2.05, 4.69) is 31.9 Å². The van der Waals surface area contributed by atoms with Crippen LogP contribution in [-0.2, 0) is 16.1 Å². The summed E-state index contributed by atoms with van der Waals surface area (Å²) in [6, 6.07) is 14.2. The molecule has 28 heavy (non-hydrogen) atoms. The Kier molecular flexibility index (Phi) is 8.48. The Morgan fingerprint density at radius 1 is 0.893 bits per heavy atom. The lowest BCUT2D eigenvalue weighted by Crippen LogP contribution is -2.38. The minimum Gasteiger partial charge on any atom is -0.497 e. The zero-order valence-corrected chi connectivity index (χ0v) is 17.0. The first kappa shape index (κ1) is 21.4. The van der Waals surface area contributed by atoms with Crippen molar-refractivity contribution in [2.24, 2.45) is 0 Å². The number of methoxy groups -OCH3 is 1. The number of halogens is 1. The van der Waals surface area contributed by atoms with Crippen molar-refractivity contribution < 1.29 is 19.1 Å². The largest absolute Gasteiger partial charge is 0.497 e. The van der Waals surface area contributed by atoms with Crippen LogP contribution < -0.4 is 20.7 Å². The van der Waals surface area contributed by atoms with Crippen LogP contribution in [0.3, 0.4) is 0 Å². The maximum absolute atomic E-state index is 11.9. The third-order valence-corrected chi connectivity index (χ3v) is 4.37. The van der Waals surface area contributed by atoms with Crippen molar-refractivity contribution in [3.05, 3.63) is 64.1 Å². The molecular weight excluding hydrogens is 426 g/mol. The first-order chi connectivity index (χ1) is 13.5. The summed E-state index contributed by atoms with van der Waals surface area (Å²) in [7, 11) is 1.59. The molecule has 2 rings (SSSR count). The van der Waals surface area contributed by atoms with Gasteiger partial charge in [-0.05, 0) is 42.0 Å². The molecule has 2 aromatic carbocycles. The highest BCUT2D eigenvalue weighted by Crippen LogP contribution is 2.11. The molecule has 0 fully saturated rings. The Morgan fingerprint density at radius 3 is 2.21 bits per heavy atom. The summed E-state index contributed by atoms with van der Waals surface area (Å²) >= 11 is 3.30. The van der Waals surface area contributed by atoms with Crippen molar-refractivity contribution >= 4 is 33.7 Å². The maximum Gasteiger partial charge on any atom is 0.251 e. The highest BCUT2D eigenvalue weighted by atomic mass is 79.9. The molecule has 0 radical (unpaired) electrons. The van der Waals surface area contributed by atoms with E-state index in [0.29, 0.717) is 12.1 Å². The lowest BCUT2D eigenvalue weighted by molar-refractivity contribution is -0.126. The summed E-state index contributed by atoms with van der Waals surface area (Å²) in [6.45, 7) is 0.436. The molecule has 0 saturated heterocycles. The molecule has 0 spiro atoms. The van der Waals surface area contributed by atoms with Crippen LogP contribution in [0.2, 0.25) is 0 Å². The molecule has 0 aliphatic rings. The van der Waals surface area contributed by atoms with Crippen molar-refractivity contribution in [2.45, 2.75) is 13.0 Å². The number of carbonyl (C=O) groups excluding carboxylic acids is 3. The van der Waals surface area contributed by atoms with Crippen LogP contribution in [0.25, 0.3) is 0 Å². The van der Waals surface area contributed by atoms with E-state index < -0.39 is 0 Å². The van der Waals surface area contributed by atoms with Gasteiger partial charge < -0.3 is 20.7 Å². The Labute approximate surface area is 172 Å². The van der Waals surface area contributed by atoms with Gasteiger partial charge in [-0.2, -0.15) is 0 Å². The minimum atomic E-state index is -0.310. The van der Waals surface area contributed by atoms with Crippen LogP contribution in [0.5, 0.6) is 5.75 Å². The van der Waals surface area contributed by atoms with Crippen LogP contribution in [0.4, 0.5) is 0 Å². The van der Waals surface area contributed by atoms with Gasteiger partial charge in [-0.3, -0.25) is 14.4 Å². The van der Waals surface area contributed by atoms with Gasteiger partial charge in [0.05, 0.1) is 13.7 Å². The Bertz CT molecular complexity index is 807. The molecule has 3 amide bonds. The lowest BCUT2D eigenvalue weighted by Gasteiger charge is -2.08. The topological polar surface area (TPSA) is 96.5 Å². The molecule has 3 N–H and O–H groups in total. The van der Waals surface area contributed by atoms with Gasteiger partial charge >= 0.3 is 0 Å². The van der Waals surface area contributed by atoms with Crippen LogP contribution in [0.15, 0.2) is 53.0 Å². The Hall–Kier alpha value is -2.87. The molecule has 0 aromatic heterocycles. The van der Waals surface area contributed by atoms with E-state index in [-0.39, 0.29) is 37.2 Å². The summed E-state index contributed by atoms with van der Waals surface area (Å²) in [6.07, 6.45) is 0.0913. The van der Waals surface area contributed by atoms with Gasteiger partial charge in [-0.1, -0.05) is 28.1 Å².